The van der Waals surface area contributed by atoms with Crippen LogP contribution in [0, 0.1) is 16.7 Å². The summed E-state index contributed by atoms with van der Waals surface area (Å²) in [5, 5.41) is 0. The largest absolute Gasteiger partial charge is 0.509 e. The Morgan fingerprint density at radius 2 is 1.76 bits per heavy atom. The third kappa shape index (κ3) is 4.05. The van der Waals surface area contributed by atoms with Crippen LogP contribution in [0.15, 0.2) is 59.7 Å². The van der Waals surface area contributed by atoms with Gasteiger partial charge < -0.3 is 23.7 Å². The Morgan fingerprint density at radius 1 is 1.05 bits per heavy atom. The molecule has 0 N–H and O–H groups in total. The minimum absolute atomic E-state index is 0.0164. The minimum atomic E-state index is -1.29. The molecule has 41 heavy (non-hydrogen) atoms. The Labute approximate surface area is 240 Å². The van der Waals surface area contributed by atoms with Gasteiger partial charge in [-0.15, -0.1) is 0 Å². The van der Waals surface area contributed by atoms with Gasteiger partial charge in [0, 0.05) is 22.8 Å². The van der Waals surface area contributed by atoms with E-state index < -0.39 is 64.7 Å². The van der Waals surface area contributed by atoms with Crippen molar-refractivity contribution in [2.24, 2.45) is 16.7 Å². The number of carbonyl (C=O) groups excluding carboxylic acids is 3. The number of esters is 1. The SMILES string of the molecule is C=C1[C@@H](OC(=O)/C=C/c2ccccc2)CC[C@@]2(C)[C@H]3OC(C)(C)O[C@@H]3C3=C(C)C(=O)C[C@]4(OC(=O)O[C@H]4[C@H]12)C3(C)C. The molecule has 4 fully saturated rings. The van der Waals surface area contributed by atoms with Crippen molar-refractivity contribution in [1.82, 2.24) is 0 Å². The number of benzene rings is 1. The predicted octanol–water partition coefficient (Wildman–Crippen LogP) is 5.71. The van der Waals surface area contributed by atoms with Crippen molar-refractivity contribution in [3.63, 3.8) is 0 Å². The molecule has 8 nitrogen and oxygen atoms in total. The molecule has 1 spiro atoms. The molecule has 5 aliphatic rings. The smallest absolute Gasteiger partial charge is 0.455 e. The number of fused-ring (bicyclic) bond motifs is 6. The summed E-state index contributed by atoms with van der Waals surface area (Å²) in [5.41, 5.74) is 0.165. The summed E-state index contributed by atoms with van der Waals surface area (Å²) < 4.78 is 31.3. The highest BCUT2D eigenvalue weighted by Gasteiger charge is 2.74. The molecular formula is C33H38O8. The van der Waals surface area contributed by atoms with Gasteiger partial charge in [-0.1, -0.05) is 57.7 Å². The summed E-state index contributed by atoms with van der Waals surface area (Å²) in [7, 11) is 0. The van der Waals surface area contributed by atoms with E-state index in [9.17, 15) is 14.4 Å². The van der Waals surface area contributed by atoms with Crippen LogP contribution in [0.5, 0.6) is 0 Å². The molecule has 2 bridgehead atoms. The van der Waals surface area contributed by atoms with E-state index in [1.807, 2.05) is 65.0 Å². The van der Waals surface area contributed by atoms with E-state index in [4.69, 9.17) is 23.7 Å². The van der Waals surface area contributed by atoms with Crippen molar-refractivity contribution in [1.29, 1.82) is 0 Å². The maximum atomic E-state index is 13.6. The van der Waals surface area contributed by atoms with Crippen molar-refractivity contribution >= 4 is 24.0 Å². The van der Waals surface area contributed by atoms with E-state index in [0.717, 1.165) is 11.1 Å². The van der Waals surface area contributed by atoms with Crippen LogP contribution in [0.25, 0.3) is 6.08 Å². The van der Waals surface area contributed by atoms with Gasteiger partial charge in [0.25, 0.3) is 0 Å². The first-order valence-electron chi connectivity index (χ1n) is 14.3. The third-order valence-electron chi connectivity index (χ3n) is 10.2. The standard InChI is InChI=1S/C33H38O8/c1-18-21(34)17-33-27(38-29(36)41-33)25-19(2)22(37-23(35)14-13-20-11-9-8-10-12-20)15-16-32(25,7)28-26(24(18)30(33,3)4)39-31(5,6)40-28/h8-14,22,25-28H,2,15-17H2,1,3-7H3/b14-13+/t22-,25-,26+,27-,28-,32+,33+/m0/s1. The van der Waals surface area contributed by atoms with Gasteiger partial charge >= 0.3 is 12.1 Å². The Kier molecular flexibility index (Phi) is 6.22. The molecule has 2 heterocycles. The summed E-state index contributed by atoms with van der Waals surface area (Å²) in [6.45, 7) is 16.1. The van der Waals surface area contributed by atoms with Crippen LogP contribution >= 0.6 is 0 Å². The van der Waals surface area contributed by atoms with Gasteiger partial charge in [0.2, 0.25) is 0 Å². The average Bonchev–Trinajstić information content (AvgIpc) is 3.40. The molecule has 1 aromatic rings. The fraction of sp³-hybridized carbons (Fsp3) is 0.545. The zero-order valence-corrected chi connectivity index (χ0v) is 24.5. The van der Waals surface area contributed by atoms with Gasteiger partial charge in [0.05, 0.1) is 12.5 Å². The predicted molar refractivity (Wildman–Crippen MR) is 149 cm³/mol. The van der Waals surface area contributed by atoms with Crippen molar-refractivity contribution in [2.75, 3.05) is 0 Å². The molecule has 218 valence electrons. The lowest BCUT2D eigenvalue weighted by atomic mass is 9.48. The van der Waals surface area contributed by atoms with Crippen LogP contribution in [0.4, 0.5) is 4.79 Å². The molecule has 1 aromatic carbocycles. The Morgan fingerprint density at radius 3 is 2.46 bits per heavy atom. The lowest BCUT2D eigenvalue weighted by molar-refractivity contribution is -0.177. The van der Waals surface area contributed by atoms with Gasteiger partial charge in [-0.25, -0.2) is 9.59 Å². The number of hydrogen-bond acceptors (Lipinski definition) is 8. The van der Waals surface area contributed by atoms with Crippen LogP contribution in [0.3, 0.4) is 0 Å². The number of Topliss-reactive ketones (excluding diaryl/α,β-unsaturated/α-hetero) is 1. The van der Waals surface area contributed by atoms with E-state index in [0.29, 0.717) is 24.0 Å². The normalized spacial score (nSPS) is 38.8. The van der Waals surface area contributed by atoms with E-state index >= 15 is 0 Å². The highest BCUT2D eigenvalue weighted by atomic mass is 16.8. The van der Waals surface area contributed by atoms with Crippen LogP contribution in [-0.2, 0) is 33.3 Å². The highest BCUT2D eigenvalue weighted by Crippen LogP contribution is 2.66. The van der Waals surface area contributed by atoms with Gasteiger partial charge in [0.15, 0.2) is 23.3 Å². The molecule has 0 amide bonds. The molecular weight excluding hydrogens is 524 g/mol. The van der Waals surface area contributed by atoms with E-state index in [1.54, 1.807) is 6.08 Å². The highest BCUT2D eigenvalue weighted by molar-refractivity contribution is 5.98. The third-order valence-corrected chi connectivity index (χ3v) is 10.2. The molecule has 6 rings (SSSR count). The number of allylic oxidation sites excluding steroid dienone is 1. The molecule has 2 aliphatic heterocycles. The van der Waals surface area contributed by atoms with E-state index in [-0.39, 0.29) is 12.2 Å². The Hall–Kier alpha value is -3.23. The van der Waals surface area contributed by atoms with Crippen molar-refractivity contribution in [3.8, 4) is 0 Å². The topological polar surface area (TPSA) is 97.4 Å². The van der Waals surface area contributed by atoms with Crippen LogP contribution in [0.2, 0.25) is 0 Å². The lowest BCUT2D eigenvalue weighted by Gasteiger charge is -2.59. The van der Waals surface area contributed by atoms with Crippen LogP contribution in [-0.4, -0.2) is 53.7 Å². The van der Waals surface area contributed by atoms with E-state index in [2.05, 4.69) is 13.5 Å². The second-order valence-electron chi connectivity index (χ2n) is 13.3. The van der Waals surface area contributed by atoms with Crippen LogP contribution < -0.4 is 0 Å². The quantitative estimate of drug-likeness (QED) is 0.263. The maximum absolute atomic E-state index is 13.6. The zero-order valence-electron chi connectivity index (χ0n) is 24.5. The molecule has 0 radical (unpaired) electrons. The number of hydrogen-bond donors (Lipinski definition) is 0. The first-order valence-corrected chi connectivity index (χ1v) is 14.3. The monoisotopic (exact) mass is 562 g/mol. The molecule has 7 atom stereocenters. The number of ether oxygens (including phenoxy) is 5. The first kappa shape index (κ1) is 27.9. The molecule has 2 saturated carbocycles. The fourth-order valence-electron chi connectivity index (χ4n) is 8.16. The van der Waals surface area contributed by atoms with Crippen molar-refractivity contribution < 1.29 is 38.1 Å². The molecule has 8 heteroatoms. The van der Waals surface area contributed by atoms with Crippen molar-refractivity contribution in [2.45, 2.75) is 96.6 Å². The second-order valence-corrected chi connectivity index (χ2v) is 13.3. The molecule has 0 unspecified atom stereocenters. The number of carbonyl (C=O) groups is 3. The second kappa shape index (κ2) is 9.13. The number of ketones is 1. The Balaban J connectivity index is 1.43. The van der Waals surface area contributed by atoms with Gasteiger partial charge in [0.1, 0.15) is 12.2 Å². The molecule has 2 saturated heterocycles. The minimum Gasteiger partial charge on any atom is -0.455 e. The average molecular weight is 563 g/mol. The zero-order chi connectivity index (χ0) is 29.5. The summed E-state index contributed by atoms with van der Waals surface area (Å²) in [5.74, 6) is -2.05. The van der Waals surface area contributed by atoms with Gasteiger partial charge in [-0.05, 0) is 62.0 Å². The van der Waals surface area contributed by atoms with Gasteiger partial charge in [-0.3, -0.25) is 4.79 Å². The molecule has 0 aromatic heterocycles. The fourth-order valence-corrected chi connectivity index (χ4v) is 8.16. The van der Waals surface area contributed by atoms with Crippen molar-refractivity contribution in [3.05, 3.63) is 65.3 Å². The lowest BCUT2D eigenvalue weighted by Crippen LogP contribution is -2.68. The van der Waals surface area contributed by atoms with E-state index in [1.165, 1.54) is 6.08 Å². The Bertz CT molecular complexity index is 1390. The summed E-state index contributed by atoms with van der Waals surface area (Å²) >= 11 is 0. The summed E-state index contributed by atoms with van der Waals surface area (Å²) in [6.07, 6.45) is 0.898. The van der Waals surface area contributed by atoms with Gasteiger partial charge in [-0.2, -0.15) is 0 Å². The summed E-state index contributed by atoms with van der Waals surface area (Å²) in [6, 6.07) is 9.50. The number of rotatable bonds is 3. The van der Waals surface area contributed by atoms with Crippen LogP contribution in [0.1, 0.15) is 66.4 Å². The molecule has 3 aliphatic carbocycles. The first-order chi connectivity index (χ1) is 19.2. The summed E-state index contributed by atoms with van der Waals surface area (Å²) in [4.78, 5) is 39.5. The maximum Gasteiger partial charge on any atom is 0.509 e.